The first kappa shape index (κ1) is 18.2. The van der Waals surface area contributed by atoms with Crippen molar-refractivity contribution < 1.29 is 0 Å². The molecule has 0 bridgehead atoms. The van der Waals surface area contributed by atoms with Crippen molar-refractivity contribution >= 4 is 33.6 Å². The minimum absolute atomic E-state index is 0.883. The molecule has 0 aliphatic carbocycles. The highest BCUT2D eigenvalue weighted by Gasteiger charge is 2.20. The van der Waals surface area contributed by atoms with E-state index in [-0.39, 0.29) is 0 Å². The molecule has 2 aromatic heterocycles. The standard InChI is InChI=1S/C18H27N5S2/c1-4-15-14(2)25-16(21-15)7-8-20-18(19-3)23-11-9-22(10-12-23)17-6-5-13-24-17/h5-6,13H,4,7-12H2,1-3H3,(H,19,20). The number of thiazole rings is 1. The van der Waals surface area contributed by atoms with Crippen LogP contribution in [0.2, 0.25) is 0 Å². The van der Waals surface area contributed by atoms with E-state index < -0.39 is 0 Å². The molecule has 0 unspecified atom stereocenters. The van der Waals surface area contributed by atoms with Crippen LogP contribution in [-0.2, 0) is 12.8 Å². The highest BCUT2D eigenvalue weighted by molar-refractivity contribution is 7.14. The van der Waals surface area contributed by atoms with E-state index in [1.807, 2.05) is 29.7 Å². The highest BCUT2D eigenvalue weighted by Crippen LogP contribution is 2.22. The molecule has 1 fully saturated rings. The second-order valence-electron chi connectivity index (χ2n) is 6.11. The Labute approximate surface area is 158 Å². The van der Waals surface area contributed by atoms with Crippen molar-refractivity contribution in [1.29, 1.82) is 0 Å². The lowest BCUT2D eigenvalue weighted by molar-refractivity contribution is 0.374. The third kappa shape index (κ3) is 4.52. The van der Waals surface area contributed by atoms with E-state index in [1.165, 1.54) is 20.6 Å². The molecule has 0 radical (unpaired) electrons. The van der Waals surface area contributed by atoms with E-state index >= 15 is 0 Å². The second kappa shape index (κ2) is 8.67. The summed E-state index contributed by atoms with van der Waals surface area (Å²) in [6, 6.07) is 4.32. The van der Waals surface area contributed by atoms with Crippen LogP contribution in [0.15, 0.2) is 22.5 Å². The van der Waals surface area contributed by atoms with Gasteiger partial charge in [-0.2, -0.15) is 0 Å². The van der Waals surface area contributed by atoms with E-state index in [0.29, 0.717) is 0 Å². The number of hydrogen-bond acceptors (Lipinski definition) is 5. The Balaban J connectivity index is 1.46. The van der Waals surface area contributed by atoms with Crippen LogP contribution in [0.5, 0.6) is 0 Å². The van der Waals surface area contributed by atoms with Gasteiger partial charge in [-0.1, -0.05) is 6.92 Å². The Kier molecular flexibility index (Phi) is 6.31. The molecule has 0 aromatic carbocycles. The van der Waals surface area contributed by atoms with E-state index in [2.05, 4.69) is 51.5 Å². The number of nitrogens with zero attached hydrogens (tertiary/aromatic N) is 4. The number of aryl methyl sites for hydroxylation is 2. The van der Waals surface area contributed by atoms with Gasteiger partial charge in [0.25, 0.3) is 0 Å². The predicted molar refractivity (Wildman–Crippen MR) is 109 cm³/mol. The molecule has 2 aromatic rings. The molecule has 0 spiro atoms. The lowest BCUT2D eigenvalue weighted by atomic mass is 10.3. The number of aromatic nitrogens is 1. The molecule has 0 amide bonds. The fourth-order valence-corrected chi connectivity index (χ4v) is 4.93. The molecule has 136 valence electrons. The van der Waals surface area contributed by atoms with Gasteiger partial charge in [-0.25, -0.2) is 4.98 Å². The van der Waals surface area contributed by atoms with Crippen LogP contribution in [0.25, 0.3) is 0 Å². The summed E-state index contributed by atoms with van der Waals surface area (Å²) >= 11 is 3.64. The Morgan fingerprint density at radius 2 is 2.12 bits per heavy atom. The summed E-state index contributed by atoms with van der Waals surface area (Å²) in [7, 11) is 1.87. The fraction of sp³-hybridized carbons (Fsp3) is 0.556. The average molecular weight is 378 g/mol. The molecule has 1 aliphatic rings. The zero-order chi connectivity index (χ0) is 17.6. The van der Waals surface area contributed by atoms with Crippen LogP contribution in [0.1, 0.15) is 22.5 Å². The summed E-state index contributed by atoms with van der Waals surface area (Å²) in [4.78, 5) is 15.4. The summed E-state index contributed by atoms with van der Waals surface area (Å²) < 4.78 is 0. The second-order valence-corrected chi connectivity index (χ2v) is 8.33. The van der Waals surface area contributed by atoms with Gasteiger partial charge < -0.3 is 15.1 Å². The van der Waals surface area contributed by atoms with Crippen molar-refractivity contribution in [1.82, 2.24) is 15.2 Å². The Hall–Kier alpha value is -1.60. The molecule has 3 heterocycles. The third-order valence-corrected chi connectivity index (χ3v) is 6.50. The topological polar surface area (TPSA) is 43.8 Å². The van der Waals surface area contributed by atoms with Gasteiger partial charge in [0.05, 0.1) is 15.7 Å². The zero-order valence-corrected chi connectivity index (χ0v) is 16.9. The molecular formula is C18H27N5S2. The molecule has 1 N–H and O–H groups in total. The van der Waals surface area contributed by atoms with Crippen molar-refractivity contribution in [2.75, 3.05) is 44.7 Å². The van der Waals surface area contributed by atoms with Gasteiger partial charge in [-0.05, 0) is 30.9 Å². The van der Waals surface area contributed by atoms with Gasteiger partial charge in [-0.3, -0.25) is 4.99 Å². The minimum Gasteiger partial charge on any atom is -0.360 e. The number of thiophene rings is 1. The van der Waals surface area contributed by atoms with Crippen LogP contribution >= 0.6 is 22.7 Å². The summed E-state index contributed by atoms with van der Waals surface area (Å²) in [5.41, 5.74) is 1.24. The van der Waals surface area contributed by atoms with Crippen molar-refractivity contribution in [3.05, 3.63) is 33.1 Å². The number of aliphatic imine (C=N–C) groups is 1. The maximum atomic E-state index is 4.72. The lowest BCUT2D eigenvalue weighted by Gasteiger charge is -2.37. The van der Waals surface area contributed by atoms with Gasteiger partial charge >= 0.3 is 0 Å². The zero-order valence-electron chi connectivity index (χ0n) is 15.3. The molecule has 1 aliphatic heterocycles. The van der Waals surface area contributed by atoms with Crippen LogP contribution < -0.4 is 10.2 Å². The van der Waals surface area contributed by atoms with Crippen molar-refractivity contribution in [3.8, 4) is 0 Å². The first-order chi connectivity index (χ1) is 12.2. The Bertz CT molecular complexity index is 684. The number of rotatable bonds is 5. The van der Waals surface area contributed by atoms with Gasteiger partial charge in [-0.15, -0.1) is 22.7 Å². The molecule has 0 saturated carbocycles. The third-order valence-electron chi connectivity index (χ3n) is 4.50. The average Bonchev–Trinajstić information content (AvgIpc) is 3.29. The van der Waals surface area contributed by atoms with Gasteiger partial charge in [0.2, 0.25) is 0 Å². The van der Waals surface area contributed by atoms with E-state index in [1.54, 1.807) is 0 Å². The molecule has 1 saturated heterocycles. The first-order valence-corrected chi connectivity index (χ1v) is 10.6. The summed E-state index contributed by atoms with van der Waals surface area (Å²) in [6.07, 6.45) is 1.98. The first-order valence-electron chi connectivity index (χ1n) is 8.90. The number of anilines is 1. The van der Waals surface area contributed by atoms with Crippen molar-refractivity contribution in [2.45, 2.75) is 26.7 Å². The largest absolute Gasteiger partial charge is 0.360 e. The smallest absolute Gasteiger partial charge is 0.193 e. The summed E-state index contributed by atoms with van der Waals surface area (Å²) in [5, 5.41) is 8.25. The van der Waals surface area contributed by atoms with E-state index in [0.717, 1.165) is 51.5 Å². The van der Waals surface area contributed by atoms with Gasteiger partial charge in [0.1, 0.15) is 0 Å². The summed E-state index contributed by atoms with van der Waals surface area (Å²) in [6.45, 7) is 9.33. The number of nitrogens with one attached hydrogen (secondary N) is 1. The monoisotopic (exact) mass is 377 g/mol. The van der Waals surface area contributed by atoms with Crippen LogP contribution in [0, 0.1) is 6.92 Å². The minimum atomic E-state index is 0.883. The Morgan fingerprint density at radius 3 is 2.72 bits per heavy atom. The number of piperazine rings is 1. The number of guanidine groups is 1. The maximum Gasteiger partial charge on any atom is 0.193 e. The van der Waals surface area contributed by atoms with Gasteiger partial charge in [0.15, 0.2) is 5.96 Å². The van der Waals surface area contributed by atoms with Crippen molar-refractivity contribution in [2.24, 2.45) is 4.99 Å². The quantitative estimate of drug-likeness (QED) is 0.643. The maximum absolute atomic E-state index is 4.72. The van der Waals surface area contributed by atoms with Crippen molar-refractivity contribution in [3.63, 3.8) is 0 Å². The van der Waals surface area contributed by atoms with E-state index in [4.69, 9.17) is 4.98 Å². The molecule has 5 nitrogen and oxygen atoms in total. The fourth-order valence-electron chi connectivity index (χ4n) is 3.12. The van der Waals surface area contributed by atoms with E-state index in [9.17, 15) is 0 Å². The molecule has 7 heteroatoms. The molecular weight excluding hydrogens is 350 g/mol. The lowest BCUT2D eigenvalue weighted by Crippen LogP contribution is -2.52. The predicted octanol–water partition coefficient (Wildman–Crippen LogP) is 3.02. The van der Waals surface area contributed by atoms with Crippen LogP contribution in [0.3, 0.4) is 0 Å². The summed E-state index contributed by atoms with van der Waals surface area (Å²) in [5.74, 6) is 1.01. The van der Waals surface area contributed by atoms with Crippen LogP contribution in [-0.4, -0.2) is 55.6 Å². The highest BCUT2D eigenvalue weighted by atomic mass is 32.1. The molecule has 0 atom stereocenters. The number of hydrogen-bond donors (Lipinski definition) is 1. The van der Waals surface area contributed by atoms with Gasteiger partial charge in [0, 0.05) is 51.1 Å². The molecule has 25 heavy (non-hydrogen) atoms. The molecule has 3 rings (SSSR count). The van der Waals surface area contributed by atoms with Crippen LogP contribution in [0.4, 0.5) is 5.00 Å². The normalized spacial score (nSPS) is 15.7. The SMILES string of the molecule is CCc1nc(CCNC(=NC)N2CCN(c3cccs3)CC2)sc1C. The Morgan fingerprint density at radius 1 is 1.32 bits per heavy atom.